The topological polar surface area (TPSA) is 112 Å². The summed E-state index contributed by atoms with van der Waals surface area (Å²) in [6, 6.07) is 22.1. The molecule has 41 heavy (non-hydrogen) atoms. The van der Waals surface area contributed by atoms with E-state index < -0.39 is 22.0 Å². The Morgan fingerprint density at radius 1 is 0.976 bits per heavy atom. The lowest BCUT2D eigenvalue weighted by molar-refractivity contribution is -0.127. The molecule has 2 N–H and O–H groups in total. The summed E-state index contributed by atoms with van der Waals surface area (Å²) in [5.41, 5.74) is 3.23. The first-order valence-electron chi connectivity index (χ1n) is 13.7. The van der Waals surface area contributed by atoms with E-state index in [9.17, 15) is 13.2 Å². The predicted octanol–water partition coefficient (Wildman–Crippen LogP) is 3.43. The molecule has 0 spiro atoms. The molecule has 9 nitrogen and oxygen atoms in total. The predicted molar refractivity (Wildman–Crippen MR) is 153 cm³/mol. The molecular formula is C31H36N2O7S. The van der Waals surface area contributed by atoms with Crippen LogP contribution in [0.15, 0.2) is 77.7 Å². The first kappa shape index (κ1) is 29.1. The average molecular weight is 581 g/mol. The number of carbonyl (C=O) groups excluding carboxylic acids is 1. The fraction of sp³-hybridized carbons (Fsp3) is 0.387. The van der Waals surface area contributed by atoms with Crippen molar-refractivity contribution in [2.24, 2.45) is 5.92 Å². The van der Waals surface area contributed by atoms with Gasteiger partial charge in [0.1, 0.15) is 13.2 Å². The van der Waals surface area contributed by atoms with Gasteiger partial charge in [0.15, 0.2) is 11.5 Å². The van der Waals surface area contributed by atoms with Gasteiger partial charge in [0.25, 0.3) is 0 Å². The summed E-state index contributed by atoms with van der Waals surface area (Å²) in [5, 5.41) is 3.23. The molecule has 1 aliphatic heterocycles. The van der Waals surface area contributed by atoms with Crippen LogP contribution < -0.4 is 19.5 Å². The molecule has 1 aliphatic carbocycles. The number of carbonyl (C=O) groups is 1. The molecule has 3 aromatic rings. The highest BCUT2D eigenvalue weighted by molar-refractivity contribution is 7.89. The lowest BCUT2D eigenvalue weighted by Crippen LogP contribution is -2.42. The van der Waals surface area contributed by atoms with Crippen molar-refractivity contribution in [1.29, 1.82) is 0 Å². The van der Waals surface area contributed by atoms with Gasteiger partial charge in [-0.05, 0) is 41.7 Å². The van der Waals surface area contributed by atoms with Crippen LogP contribution in [0.2, 0.25) is 0 Å². The lowest BCUT2D eigenvalue weighted by Gasteiger charge is -2.27. The summed E-state index contributed by atoms with van der Waals surface area (Å²) in [7, 11) is -0.678. The summed E-state index contributed by atoms with van der Waals surface area (Å²) in [6.45, 7) is 0.779. The molecule has 0 saturated carbocycles. The fourth-order valence-electron chi connectivity index (χ4n) is 5.46. The third kappa shape index (κ3) is 6.90. The Bertz CT molecular complexity index is 1450. The maximum Gasteiger partial charge on any atom is 0.240 e. The molecule has 5 rings (SSSR count). The zero-order valence-corrected chi connectivity index (χ0v) is 24.1. The summed E-state index contributed by atoms with van der Waals surface area (Å²) in [5.74, 6) is 0.311. The average Bonchev–Trinajstić information content (AvgIpc) is 3.36. The van der Waals surface area contributed by atoms with Crippen molar-refractivity contribution >= 4 is 15.9 Å². The monoisotopic (exact) mass is 580 g/mol. The Labute approximate surface area is 241 Å². The summed E-state index contributed by atoms with van der Waals surface area (Å²) < 4.78 is 51.3. The standard InChI is InChI=1S/C31H36N2O7S/c1-37-24(20-32-41(35,36)25-12-13-27-28(19-25)40-15-14-39-27)17-23(16-21-8-4-3-5-9-21)31(34)33-30-26-11-7-6-10-22(26)18-29(30)38-2/h3-13,19,23-24,29-30,32H,14-18,20H2,1-2H3,(H,33,34)/t23-,24+,29+,30+/m1/s1. The van der Waals surface area contributed by atoms with Crippen molar-refractivity contribution in [3.63, 3.8) is 0 Å². The molecular weight excluding hydrogens is 544 g/mol. The van der Waals surface area contributed by atoms with E-state index in [4.69, 9.17) is 18.9 Å². The number of nitrogens with one attached hydrogen (secondary N) is 2. The van der Waals surface area contributed by atoms with Gasteiger partial charge >= 0.3 is 0 Å². The van der Waals surface area contributed by atoms with Gasteiger partial charge in [0, 0.05) is 39.2 Å². The van der Waals surface area contributed by atoms with E-state index in [0.717, 1.165) is 23.1 Å². The second-order valence-corrected chi connectivity index (χ2v) is 12.1. The quantitative estimate of drug-likeness (QED) is 0.338. The van der Waals surface area contributed by atoms with E-state index in [1.165, 1.54) is 19.2 Å². The van der Waals surface area contributed by atoms with E-state index >= 15 is 0 Å². The Kier molecular flexibility index (Phi) is 9.24. The SMILES string of the molecule is CO[C@H](CNS(=O)(=O)c1ccc2c(c1)OCCO2)C[C@@H](Cc1ccccc1)C(=O)N[C@H]1c2ccccc2C[C@@H]1OC. The Morgan fingerprint density at radius 2 is 1.71 bits per heavy atom. The molecule has 218 valence electrons. The maximum absolute atomic E-state index is 13.8. The molecule has 0 saturated heterocycles. The summed E-state index contributed by atoms with van der Waals surface area (Å²) in [6.07, 6.45) is 0.809. The summed E-state index contributed by atoms with van der Waals surface area (Å²) in [4.78, 5) is 13.9. The van der Waals surface area contributed by atoms with E-state index in [-0.39, 0.29) is 29.5 Å². The number of rotatable bonds is 12. The first-order chi connectivity index (χ1) is 19.9. The number of amides is 1. The summed E-state index contributed by atoms with van der Waals surface area (Å²) >= 11 is 0. The van der Waals surface area contributed by atoms with Crippen LogP contribution in [0, 0.1) is 5.92 Å². The highest BCUT2D eigenvalue weighted by Crippen LogP contribution is 2.34. The normalized spacial score (nSPS) is 19.3. The van der Waals surface area contributed by atoms with Gasteiger partial charge in [-0.1, -0.05) is 54.6 Å². The lowest BCUT2D eigenvalue weighted by atomic mass is 9.92. The van der Waals surface area contributed by atoms with Crippen molar-refractivity contribution < 1.29 is 32.2 Å². The van der Waals surface area contributed by atoms with Crippen LogP contribution in [0.25, 0.3) is 0 Å². The van der Waals surface area contributed by atoms with Gasteiger partial charge in [-0.3, -0.25) is 4.79 Å². The molecule has 0 bridgehead atoms. The van der Waals surface area contributed by atoms with Crippen molar-refractivity contribution in [1.82, 2.24) is 10.0 Å². The van der Waals surface area contributed by atoms with Crippen LogP contribution >= 0.6 is 0 Å². The number of hydrogen-bond donors (Lipinski definition) is 2. The zero-order valence-electron chi connectivity index (χ0n) is 23.2. The van der Waals surface area contributed by atoms with Gasteiger partial charge in [0.2, 0.25) is 15.9 Å². The van der Waals surface area contributed by atoms with E-state index in [0.29, 0.717) is 37.6 Å². The second-order valence-electron chi connectivity index (χ2n) is 10.3. The second kappa shape index (κ2) is 13.0. The molecule has 0 aromatic heterocycles. The van der Waals surface area contributed by atoms with Crippen molar-refractivity contribution in [2.75, 3.05) is 34.0 Å². The number of hydrogen-bond acceptors (Lipinski definition) is 7. The van der Waals surface area contributed by atoms with Crippen LogP contribution in [0.5, 0.6) is 11.5 Å². The van der Waals surface area contributed by atoms with Gasteiger partial charge in [-0.25, -0.2) is 13.1 Å². The minimum Gasteiger partial charge on any atom is -0.486 e. The molecule has 2 aliphatic rings. The third-order valence-electron chi connectivity index (χ3n) is 7.68. The minimum absolute atomic E-state index is 0.00119. The van der Waals surface area contributed by atoms with Crippen LogP contribution in [0.3, 0.4) is 0 Å². The zero-order chi connectivity index (χ0) is 28.8. The number of sulfonamides is 1. The van der Waals surface area contributed by atoms with Crippen LogP contribution in [0.1, 0.15) is 29.2 Å². The molecule has 1 amide bonds. The fourth-order valence-corrected chi connectivity index (χ4v) is 6.54. The largest absolute Gasteiger partial charge is 0.486 e. The first-order valence-corrected chi connectivity index (χ1v) is 15.2. The Hall–Kier alpha value is -3.44. The number of benzene rings is 3. The molecule has 0 unspecified atom stereocenters. The van der Waals surface area contributed by atoms with Crippen molar-refractivity contribution in [3.8, 4) is 11.5 Å². The number of methoxy groups -OCH3 is 2. The molecule has 3 aromatic carbocycles. The highest BCUT2D eigenvalue weighted by atomic mass is 32.2. The minimum atomic E-state index is -3.86. The van der Waals surface area contributed by atoms with Gasteiger partial charge in [-0.15, -0.1) is 0 Å². The molecule has 0 fully saturated rings. The smallest absolute Gasteiger partial charge is 0.240 e. The molecule has 10 heteroatoms. The highest BCUT2D eigenvalue weighted by Gasteiger charge is 2.35. The Morgan fingerprint density at radius 3 is 2.46 bits per heavy atom. The molecule has 4 atom stereocenters. The van der Waals surface area contributed by atoms with Crippen LogP contribution in [0.4, 0.5) is 0 Å². The van der Waals surface area contributed by atoms with Crippen molar-refractivity contribution in [3.05, 3.63) is 89.5 Å². The van der Waals surface area contributed by atoms with Crippen molar-refractivity contribution in [2.45, 2.75) is 42.4 Å². The Balaban J connectivity index is 1.30. The number of fused-ring (bicyclic) bond motifs is 2. The van der Waals surface area contributed by atoms with Crippen LogP contribution in [-0.2, 0) is 37.1 Å². The molecule has 1 heterocycles. The van der Waals surface area contributed by atoms with Gasteiger partial charge in [0.05, 0.1) is 23.1 Å². The maximum atomic E-state index is 13.8. The van der Waals surface area contributed by atoms with E-state index in [1.807, 2.05) is 48.5 Å². The van der Waals surface area contributed by atoms with Crippen LogP contribution in [-0.4, -0.2) is 60.5 Å². The van der Waals surface area contributed by atoms with E-state index in [2.05, 4.69) is 16.1 Å². The van der Waals surface area contributed by atoms with E-state index in [1.54, 1.807) is 13.2 Å². The number of ether oxygens (including phenoxy) is 4. The third-order valence-corrected chi connectivity index (χ3v) is 9.11. The van der Waals surface area contributed by atoms with Gasteiger partial charge in [-0.2, -0.15) is 0 Å². The van der Waals surface area contributed by atoms with Gasteiger partial charge < -0.3 is 24.3 Å². The molecule has 0 radical (unpaired) electrons.